The number of nitrogens with one attached hydrogen (secondary N) is 3. The highest BCUT2D eigenvalue weighted by Crippen LogP contribution is 2.25. The molecule has 3 N–H and O–H groups in total. The van der Waals surface area contributed by atoms with Crippen molar-refractivity contribution in [1.29, 1.82) is 0 Å². The molecule has 0 radical (unpaired) electrons. The van der Waals surface area contributed by atoms with Crippen LogP contribution in [-0.2, 0) is 5.41 Å². The van der Waals surface area contributed by atoms with Crippen LogP contribution < -0.4 is 16.2 Å². The minimum absolute atomic E-state index is 0.0162. The van der Waals surface area contributed by atoms with Crippen molar-refractivity contribution in [1.82, 2.24) is 10.9 Å². The standard InChI is InChI=1S/C25H23ClN4O5/c1-25(2,3)18-9-4-15(5-10-18)22(31)27-19-11-6-16(7-12-19)23(32)28-29-24(33)17-8-13-20(26)21(14-17)30(34)35/h4-14H,1-3H3,(H,27,31)(H,28,32)(H,29,33). The van der Waals surface area contributed by atoms with Gasteiger partial charge in [0, 0.05) is 28.4 Å². The van der Waals surface area contributed by atoms with Gasteiger partial charge in [0.1, 0.15) is 5.02 Å². The number of benzene rings is 3. The highest BCUT2D eigenvalue weighted by molar-refractivity contribution is 6.32. The topological polar surface area (TPSA) is 130 Å². The predicted molar refractivity (Wildman–Crippen MR) is 133 cm³/mol. The first kappa shape index (κ1) is 25.4. The fourth-order valence-corrected chi connectivity index (χ4v) is 3.27. The quantitative estimate of drug-likeness (QED) is 0.344. The van der Waals surface area contributed by atoms with Gasteiger partial charge in [-0.25, -0.2) is 0 Å². The average Bonchev–Trinajstić information content (AvgIpc) is 2.82. The Morgan fingerprint density at radius 3 is 1.80 bits per heavy atom. The fourth-order valence-electron chi connectivity index (χ4n) is 3.08. The Balaban J connectivity index is 1.58. The second kappa shape index (κ2) is 10.4. The van der Waals surface area contributed by atoms with Crippen LogP contribution in [0.15, 0.2) is 66.7 Å². The maximum Gasteiger partial charge on any atom is 0.288 e. The van der Waals surface area contributed by atoms with Crippen LogP contribution >= 0.6 is 11.6 Å². The number of carbonyl (C=O) groups is 3. The van der Waals surface area contributed by atoms with Crippen molar-refractivity contribution in [2.75, 3.05) is 5.32 Å². The second-order valence-electron chi connectivity index (χ2n) is 8.69. The van der Waals surface area contributed by atoms with Crippen LogP contribution in [0.5, 0.6) is 0 Å². The van der Waals surface area contributed by atoms with Crippen molar-refractivity contribution < 1.29 is 19.3 Å². The van der Waals surface area contributed by atoms with Gasteiger partial charge in [-0.3, -0.25) is 35.3 Å². The third kappa shape index (κ3) is 6.42. The van der Waals surface area contributed by atoms with Crippen LogP contribution in [0.3, 0.4) is 0 Å². The maximum atomic E-state index is 12.5. The van der Waals surface area contributed by atoms with Gasteiger partial charge in [0.05, 0.1) is 4.92 Å². The third-order valence-corrected chi connectivity index (χ3v) is 5.43. The molecule has 0 aliphatic rings. The number of nitro groups is 1. The molecule has 3 aromatic carbocycles. The SMILES string of the molecule is CC(C)(C)c1ccc(C(=O)Nc2ccc(C(=O)NNC(=O)c3ccc(Cl)c([N+](=O)[O-])c3)cc2)cc1. The normalized spacial score (nSPS) is 10.9. The third-order valence-electron chi connectivity index (χ3n) is 5.11. The number of hydrogen-bond donors (Lipinski definition) is 3. The number of nitro benzene ring substituents is 1. The number of nitrogens with zero attached hydrogens (tertiary/aromatic N) is 1. The molecule has 0 heterocycles. The molecule has 0 fully saturated rings. The van der Waals surface area contributed by atoms with Crippen molar-refractivity contribution in [2.24, 2.45) is 0 Å². The lowest BCUT2D eigenvalue weighted by Gasteiger charge is -2.19. The van der Waals surface area contributed by atoms with Gasteiger partial charge in [0.15, 0.2) is 0 Å². The predicted octanol–water partition coefficient (Wildman–Crippen LogP) is 4.87. The smallest absolute Gasteiger partial charge is 0.288 e. The van der Waals surface area contributed by atoms with E-state index in [1.54, 1.807) is 24.3 Å². The first-order chi connectivity index (χ1) is 16.5. The van der Waals surface area contributed by atoms with Crippen molar-refractivity contribution in [3.63, 3.8) is 0 Å². The fraction of sp³-hybridized carbons (Fsp3) is 0.160. The van der Waals surface area contributed by atoms with E-state index in [0.29, 0.717) is 11.3 Å². The van der Waals surface area contributed by atoms with E-state index in [1.165, 1.54) is 24.3 Å². The molecule has 0 atom stereocenters. The summed E-state index contributed by atoms with van der Waals surface area (Å²) < 4.78 is 0. The molecule has 9 nitrogen and oxygen atoms in total. The Morgan fingerprint density at radius 1 is 0.771 bits per heavy atom. The molecule has 0 bridgehead atoms. The molecule has 35 heavy (non-hydrogen) atoms. The van der Waals surface area contributed by atoms with Crippen molar-refractivity contribution in [2.45, 2.75) is 26.2 Å². The van der Waals surface area contributed by atoms with Gasteiger partial charge in [-0.05, 0) is 59.5 Å². The highest BCUT2D eigenvalue weighted by Gasteiger charge is 2.17. The molecule has 0 aliphatic carbocycles. The number of hydrazine groups is 1. The Morgan fingerprint density at radius 2 is 1.26 bits per heavy atom. The first-order valence-electron chi connectivity index (χ1n) is 10.5. The van der Waals surface area contributed by atoms with Crippen molar-refractivity contribution in [3.05, 3.63) is 104 Å². The van der Waals surface area contributed by atoms with Crippen molar-refractivity contribution >= 4 is 40.7 Å². The van der Waals surface area contributed by atoms with Crippen LogP contribution in [0.25, 0.3) is 0 Å². The maximum absolute atomic E-state index is 12.5. The average molecular weight is 495 g/mol. The van der Waals surface area contributed by atoms with E-state index in [1.807, 2.05) is 12.1 Å². The molecule has 0 aromatic heterocycles. The summed E-state index contributed by atoms with van der Waals surface area (Å²) in [5, 5.41) is 13.6. The largest absolute Gasteiger partial charge is 0.322 e. The van der Waals surface area contributed by atoms with E-state index in [9.17, 15) is 24.5 Å². The van der Waals surface area contributed by atoms with Crippen LogP contribution in [0.4, 0.5) is 11.4 Å². The van der Waals surface area contributed by atoms with Gasteiger partial charge >= 0.3 is 0 Å². The lowest BCUT2D eigenvalue weighted by Crippen LogP contribution is -2.41. The molecular weight excluding hydrogens is 472 g/mol. The summed E-state index contributed by atoms with van der Waals surface area (Å²) in [4.78, 5) is 47.3. The van der Waals surface area contributed by atoms with E-state index in [2.05, 4.69) is 36.9 Å². The van der Waals surface area contributed by atoms with Crippen molar-refractivity contribution in [3.8, 4) is 0 Å². The first-order valence-corrected chi connectivity index (χ1v) is 10.9. The van der Waals surface area contributed by atoms with Crippen LogP contribution in [0.1, 0.15) is 57.4 Å². The number of amides is 3. The second-order valence-corrected chi connectivity index (χ2v) is 9.10. The Hall–Kier alpha value is -4.24. The molecule has 0 spiro atoms. The Kier molecular flexibility index (Phi) is 7.51. The molecule has 0 saturated heterocycles. The Labute approximate surface area is 206 Å². The summed E-state index contributed by atoms with van der Waals surface area (Å²) in [6, 6.07) is 17.0. The highest BCUT2D eigenvalue weighted by atomic mass is 35.5. The van der Waals surface area contributed by atoms with Crippen LogP contribution in [-0.4, -0.2) is 22.6 Å². The lowest BCUT2D eigenvalue weighted by molar-refractivity contribution is -0.384. The molecule has 180 valence electrons. The number of hydrogen-bond acceptors (Lipinski definition) is 5. The molecule has 3 amide bonds. The van der Waals surface area contributed by atoms with Gasteiger partial charge < -0.3 is 5.32 Å². The van der Waals surface area contributed by atoms with Gasteiger partial charge in [-0.1, -0.05) is 44.5 Å². The van der Waals surface area contributed by atoms with Crippen LogP contribution in [0.2, 0.25) is 5.02 Å². The van der Waals surface area contributed by atoms with Gasteiger partial charge in [-0.2, -0.15) is 0 Å². The molecular formula is C25H23ClN4O5. The van der Waals surface area contributed by atoms with E-state index < -0.39 is 22.4 Å². The lowest BCUT2D eigenvalue weighted by atomic mass is 9.87. The van der Waals surface area contributed by atoms with E-state index >= 15 is 0 Å². The zero-order valence-electron chi connectivity index (χ0n) is 19.2. The molecule has 0 saturated carbocycles. The van der Waals surface area contributed by atoms with Gasteiger partial charge in [0.2, 0.25) is 0 Å². The zero-order valence-corrected chi connectivity index (χ0v) is 20.0. The van der Waals surface area contributed by atoms with E-state index in [0.717, 1.165) is 11.6 Å². The molecule has 10 heteroatoms. The number of rotatable bonds is 5. The zero-order chi connectivity index (χ0) is 25.8. The summed E-state index contributed by atoms with van der Waals surface area (Å²) in [5.74, 6) is -1.65. The molecule has 0 unspecified atom stereocenters. The molecule has 3 aromatic rings. The summed E-state index contributed by atoms with van der Waals surface area (Å²) in [6.45, 7) is 6.28. The summed E-state index contributed by atoms with van der Waals surface area (Å²) in [7, 11) is 0. The summed E-state index contributed by atoms with van der Waals surface area (Å²) >= 11 is 5.74. The van der Waals surface area contributed by atoms with Crippen LogP contribution in [0, 0.1) is 10.1 Å². The number of anilines is 1. The molecule has 0 aliphatic heterocycles. The number of carbonyl (C=O) groups excluding carboxylic acids is 3. The van der Waals surface area contributed by atoms with E-state index in [-0.39, 0.29) is 27.5 Å². The number of halogens is 1. The van der Waals surface area contributed by atoms with Gasteiger partial charge in [0.25, 0.3) is 23.4 Å². The summed E-state index contributed by atoms with van der Waals surface area (Å²) in [5.41, 5.74) is 6.28. The molecule has 3 rings (SSSR count). The monoisotopic (exact) mass is 494 g/mol. The Bertz CT molecular complexity index is 1280. The minimum atomic E-state index is -0.750. The van der Waals surface area contributed by atoms with Gasteiger partial charge in [-0.15, -0.1) is 0 Å². The minimum Gasteiger partial charge on any atom is -0.322 e. The summed E-state index contributed by atoms with van der Waals surface area (Å²) in [6.07, 6.45) is 0. The van der Waals surface area contributed by atoms with E-state index in [4.69, 9.17) is 11.6 Å².